The molecule has 0 radical (unpaired) electrons. The molecule has 0 spiro atoms. The van der Waals surface area contributed by atoms with Gasteiger partial charge < -0.3 is 25.3 Å². The number of benzene rings is 1. The van der Waals surface area contributed by atoms with Crippen LogP contribution in [-0.2, 0) is 14.3 Å². The van der Waals surface area contributed by atoms with Crippen LogP contribution in [0.3, 0.4) is 0 Å². The molecule has 2 rings (SSSR count). The third-order valence-corrected chi connectivity index (χ3v) is 4.24. The van der Waals surface area contributed by atoms with Gasteiger partial charge in [-0.25, -0.2) is 0 Å². The van der Waals surface area contributed by atoms with Crippen LogP contribution in [0, 0.1) is 0 Å². The van der Waals surface area contributed by atoms with Crippen LogP contribution in [0.15, 0.2) is 18.2 Å². The van der Waals surface area contributed by atoms with Crippen molar-refractivity contribution in [2.24, 2.45) is 0 Å². The maximum absolute atomic E-state index is 12.4. The molecule has 7 nitrogen and oxygen atoms in total. The number of unbranched alkanes of at least 4 members (excludes halogenated alkanes) is 2. The number of amides is 1. The third kappa shape index (κ3) is 5.35. The van der Waals surface area contributed by atoms with Crippen LogP contribution in [0.25, 0.3) is 0 Å². The minimum absolute atomic E-state index is 0.0452. The molecular formula is C18H27N2O5+. The molecular weight excluding hydrogens is 324 g/mol. The zero-order valence-corrected chi connectivity index (χ0v) is 14.9. The van der Waals surface area contributed by atoms with Gasteiger partial charge in [-0.2, -0.15) is 0 Å². The van der Waals surface area contributed by atoms with Crippen molar-refractivity contribution in [3.63, 3.8) is 0 Å². The van der Waals surface area contributed by atoms with Gasteiger partial charge in [0.1, 0.15) is 0 Å². The fraction of sp³-hybridized carbons (Fsp3) is 0.556. The molecule has 1 heterocycles. The number of rotatable bonds is 9. The van der Waals surface area contributed by atoms with E-state index in [0.717, 1.165) is 31.2 Å². The highest BCUT2D eigenvalue weighted by Crippen LogP contribution is 2.34. The summed E-state index contributed by atoms with van der Waals surface area (Å²) in [6.07, 6.45) is 3.91. The molecule has 0 aromatic heterocycles. The van der Waals surface area contributed by atoms with Crippen LogP contribution >= 0.6 is 0 Å². The van der Waals surface area contributed by atoms with Gasteiger partial charge >= 0.3 is 5.97 Å². The van der Waals surface area contributed by atoms with Crippen LogP contribution < -0.4 is 20.5 Å². The summed E-state index contributed by atoms with van der Waals surface area (Å²) in [5.74, 6) is 0.703. The Morgan fingerprint density at radius 3 is 2.76 bits per heavy atom. The number of fused-ring (bicyclic) bond motifs is 1. The molecule has 138 valence electrons. The van der Waals surface area contributed by atoms with Crippen molar-refractivity contribution in [3.05, 3.63) is 23.8 Å². The molecule has 0 unspecified atom stereocenters. The van der Waals surface area contributed by atoms with E-state index < -0.39 is 12.0 Å². The Hall–Kier alpha value is -2.28. The van der Waals surface area contributed by atoms with E-state index in [1.165, 1.54) is 7.11 Å². The van der Waals surface area contributed by atoms with Crippen LogP contribution in [0.1, 0.15) is 50.6 Å². The SMILES string of the molecule is CCCCC[C@H]([NH3+])C(=O)N[C@@H](CC(=O)OC)c1ccc2c(c1)OCO2. The van der Waals surface area contributed by atoms with Crippen molar-refractivity contribution < 1.29 is 29.5 Å². The van der Waals surface area contributed by atoms with E-state index in [9.17, 15) is 9.59 Å². The lowest BCUT2D eigenvalue weighted by molar-refractivity contribution is -0.405. The van der Waals surface area contributed by atoms with Gasteiger partial charge in [0.05, 0.1) is 19.6 Å². The topological polar surface area (TPSA) is 102 Å². The number of carbonyl (C=O) groups excluding carboxylic acids is 2. The van der Waals surface area contributed by atoms with Crippen LogP contribution in [-0.4, -0.2) is 31.8 Å². The number of methoxy groups -OCH3 is 1. The Kier molecular flexibility index (Phi) is 7.06. The monoisotopic (exact) mass is 351 g/mol. The molecule has 1 aliphatic rings. The lowest BCUT2D eigenvalue weighted by atomic mass is 10.0. The fourth-order valence-corrected chi connectivity index (χ4v) is 2.69. The highest BCUT2D eigenvalue weighted by molar-refractivity contribution is 5.81. The molecule has 0 fully saturated rings. The predicted molar refractivity (Wildman–Crippen MR) is 90.9 cm³/mol. The predicted octanol–water partition coefficient (Wildman–Crippen LogP) is 1.33. The summed E-state index contributed by atoms with van der Waals surface area (Å²) >= 11 is 0. The number of nitrogens with one attached hydrogen (secondary N) is 1. The maximum Gasteiger partial charge on any atom is 0.307 e. The van der Waals surface area contributed by atoms with Gasteiger partial charge in [0.2, 0.25) is 6.79 Å². The Balaban J connectivity index is 2.07. The van der Waals surface area contributed by atoms with Crippen LogP contribution in [0.2, 0.25) is 0 Å². The maximum atomic E-state index is 12.4. The second-order valence-electron chi connectivity index (χ2n) is 6.15. The molecule has 1 amide bonds. The summed E-state index contributed by atoms with van der Waals surface area (Å²) in [5.41, 5.74) is 4.71. The molecule has 0 saturated carbocycles. The van der Waals surface area contributed by atoms with E-state index in [0.29, 0.717) is 11.5 Å². The average molecular weight is 351 g/mol. The molecule has 7 heteroatoms. The molecule has 0 aliphatic carbocycles. The number of hydrogen-bond acceptors (Lipinski definition) is 5. The van der Waals surface area contributed by atoms with Gasteiger partial charge in [0, 0.05) is 6.42 Å². The van der Waals surface area contributed by atoms with E-state index in [-0.39, 0.29) is 25.2 Å². The number of quaternary nitrogens is 1. The quantitative estimate of drug-likeness (QED) is 0.516. The minimum Gasteiger partial charge on any atom is -0.469 e. The largest absolute Gasteiger partial charge is 0.469 e. The van der Waals surface area contributed by atoms with Gasteiger partial charge in [-0.3, -0.25) is 9.59 Å². The third-order valence-electron chi connectivity index (χ3n) is 4.24. The molecule has 1 aliphatic heterocycles. The molecule has 25 heavy (non-hydrogen) atoms. The van der Waals surface area contributed by atoms with Crippen molar-refractivity contribution in [2.75, 3.05) is 13.9 Å². The Labute approximate surface area is 147 Å². The summed E-state index contributed by atoms with van der Waals surface area (Å²) in [4.78, 5) is 24.2. The van der Waals surface area contributed by atoms with Crippen molar-refractivity contribution in [3.8, 4) is 11.5 Å². The van der Waals surface area contributed by atoms with Crippen molar-refractivity contribution >= 4 is 11.9 Å². The van der Waals surface area contributed by atoms with Crippen molar-refractivity contribution in [1.29, 1.82) is 0 Å². The number of carbonyl (C=O) groups is 2. The second kappa shape index (κ2) is 9.27. The van der Waals surface area contributed by atoms with Gasteiger partial charge in [-0.1, -0.05) is 25.8 Å². The Morgan fingerprint density at radius 2 is 2.04 bits per heavy atom. The van der Waals surface area contributed by atoms with Crippen molar-refractivity contribution in [2.45, 2.75) is 51.1 Å². The summed E-state index contributed by atoms with van der Waals surface area (Å²) in [6, 6.07) is 4.53. The van der Waals surface area contributed by atoms with Crippen molar-refractivity contribution in [1.82, 2.24) is 5.32 Å². The Bertz CT molecular complexity index is 605. The molecule has 2 atom stereocenters. The summed E-state index contributed by atoms with van der Waals surface area (Å²) in [7, 11) is 1.33. The molecule has 1 aromatic carbocycles. The number of ether oxygens (including phenoxy) is 3. The number of hydrogen-bond donors (Lipinski definition) is 2. The standard InChI is InChI=1S/C18H26N2O5/c1-3-4-5-6-13(19)18(22)20-14(10-17(21)23-2)12-7-8-15-16(9-12)25-11-24-15/h7-9,13-14H,3-6,10-11,19H2,1-2H3,(H,20,22)/p+1/t13-,14-/m0/s1. The van der Waals surface area contributed by atoms with Gasteiger partial charge in [0.25, 0.3) is 5.91 Å². The fourth-order valence-electron chi connectivity index (χ4n) is 2.69. The van der Waals surface area contributed by atoms with E-state index in [1.54, 1.807) is 12.1 Å². The first kappa shape index (κ1) is 19.1. The molecule has 1 aromatic rings. The highest BCUT2D eigenvalue weighted by Gasteiger charge is 2.25. The average Bonchev–Trinajstić information content (AvgIpc) is 3.08. The zero-order chi connectivity index (χ0) is 18.2. The Morgan fingerprint density at radius 1 is 1.28 bits per heavy atom. The zero-order valence-electron chi connectivity index (χ0n) is 14.9. The number of esters is 1. The first-order valence-electron chi connectivity index (χ1n) is 8.65. The first-order valence-corrected chi connectivity index (χ1v) is 8.65. The van der Waals surface area contributed by atoms with Gasteiger partial charge in [0.15, 0.2) is 17.5 Å². The molecule has 0 bridgehead atoms. The summed E-state index contributed by atoms with van der Waals surface area (Å²) in [5, 5.41) is 2.92. The summed E-state index contributed by atoms with van der Waals surface area (Å²) < 4.78 is 15.4. The van der Waals surface area contributed by atoms with E-state index in [2.05, 4.69) is 18.0 Å². The van der Waals surface area contributed by atoms with Crippen LogP contribution in [0.4, 0.5) is 0 Å². The van der Waals surface area contributed by atoms with Crippen LogP contribution in [0.5, 0.6) is 11.5 Å². The van der Waals surface area contributed by atoms with E-state index in [4.69, 9.17) is 14.2 Å². The van der Waals surface area contributed by atoms with Gasteiger partial charge in [-0.05, 0) is 24.1 Å². The molecule has 0 saturated heterocycles. The highest BCUT2D eigenvalue weighted by atomic mass is 16.7. The smallest absolute Gasteiger partial charge is 0.307 e. The van der Waals surface area contributed by atoms with E-state index >= 15 is 0 Å². The van der Waals surface area contributed by atoms with E-state index in [1.807, 2.05) is 6.07 Å². The normalized spacial score (nSPS) is 14.7. The lowest BCUT2D eigenvalue weighted by Gasteiger charge is -2.20. The summed E-state index contributed by atoms with van der Waals surface area (Å²) in [6.45, 7) is 2.29. The first-order chi connectivity index (χ1) is 12.0. The molecule has 4 N–H and O–H groups in total. The lowest BCUT2D eigenvalue weighted by Crippen LogP contribution is -2.67. The second-order valence-corrected chi connectivity index (χ2v) is 6.15. The minimum atomic E-state index is -0.495. The van der Waals surface area contributed by atoms with Gasteiger partial charge in [-0.15, -0.1) is 0 Å².